The summed E-state index contributed by atoms with van der Waals surface area (Å²) in [6.45, 7) is 9.32. The van der Waals surface area contributed by atoms with E-state index in [0.29, 0.717) is 11.7 Å². The van der Waals surface area contributed by atoms with Crippen molar-refractivity contribution in [1.29, 1.82) is 0 Å². The number of allylic oxidation sites excluding steroid dienone is 5. The molecule has 1 aromatic carbocycles. The molecule has 1 rings (SSSR count). The van der Waals surface area contributed by atoms with Crippen LogP contribution < -0.4 is 10.6 Å². The summed E-state index contributed by atoms with van der Waals surface area (Å²) in [6.07, 6.45) is 11.2. The molecule has 0 saturated heterocycles. The van der Waals surface area contributed by atoms with E-state index in [4.69, 9.17) is 12.2 Å². The quantitative estimate of drug-likeness (QED) is 0.379. The average Bonchev–Trinajstić information content (AvgIpc) is 2.56. The summed E-state index contributed by atoms with van der Waals surface area (Å²) in [7, 11) is 0. The van der Waals surface area contributed by atoms with Gasteiger partial charge in [-0.15, -0.1) is 0 Å². The number of benzene rings is 1. The standard InChI is InChI=1S/C22H31FN2S/c1-17(2)7-5-8-18(3)9-6-10-19(4)15-16-24-22(26)25-21-13-11-20(23)12-14-21/h7,9,11-15H,5-6,8,10,16H2,1-4H3,(H2,24,25,26)/b18-9+,19-15+. The predicted octanol–water partition coefficient (Wildman–Crippen LogP) is 6.53. The van der Waals surface area contributed by atoms with Gasteiger partial charge in [-0.3, -0.25) is 0 Å². The van der Waals surface area contributed by atoms with E-state index >= 15 is 0 Å². The molecule has 0 aromatic heterocycles. The van der Waals surface area contributed by atoms with Gasteiger partial charge in [-0.25, -0.2) is 4.39 Å². The number of hydrogen-bond acceptors (Lipinski definition) is 1. The third-order valence-electron chi connectivity index (χ3n) is 3.94. The molecule has 0 heterocycles. The highest BCUT2D eigenvalue weighted by atomic mass is 32.1. The molecule has 0 aliphatic carbocycles. The normalized spacial score (nSPS) is 11.9. The molecule has 26 heavy (non-hydrogen) atoms. The second-order valence-corrected chi connectivity index (χ2v) is 7.21. The Balaban J connectivity index is 2.25. The van der Waals surface area contributed by atoms with Crippen molar-refractivity contribution in [3.05, 3.63) is 65.0 Å². The van der Waals surface area contributed by atoms with E-state index in [1.165, 1.54) is 28.9 Å². The van der Waals surface area contributed by atoms with Crippen LogP contribution in [0.2, 0.25) is 0 Å². The van der Waals surface area contributed by atoms with Gasteiger partial charge in [-0.2, -0.15) is 0 Å². The number of hydrogen-bond donors (Lipinski definition) is 2. The number of thiocarbonyl (C=S) groups is 1. The molecule has 2 nitrogen and oxygen atoms in total. The van der Waals surface area contributed by atoms with E-state index < -0.39 is 0 Å². The summed E-state index contributed by atoms with van der Waals surface area (Å²) in [4.78, 5) is 0. The zero-order valence-corrected chi connectivity index (χ0v) is 17.2. The van der Waals surface area contributed by atoms with Gasteiger partial charge < -0.3 is 10.6 Å². The first-order chi connectivity index (χ1) is 12.4. The molecule has 2 N–H and O–H groups in total. The molecule has 0 fully saturated rings. The lowest BCUT2D eigenvalue weighted by atomic mass is 10.1. The molecule has 1 aromatic rings. The Morgan fingerprint density at radius 2 is 1.50 bits per heavy atom. The predicted molar refractivity (Wildman–Crippen MR) is 116 cm³/mol. The Labute approximate surface area is 163 Å². The smallest absolute Gasteiger partial charge is 0.171 e. The summed E-state index contributed by atoms with van der Waals surface area (Å²) in [5.41, 5.74) is 4.96. The van der Waals surface area contributed by atoms with Crippen molar-refractivity contribution in [2.75, 3.05) is 11.9 Å². The van der Waals surface area contributed by atoms with Gasteiger partial charge in [-0.05, 0) is 89.9 Å². The Hall–Kier alpha value is -1.94. The van der Waals surface area contributed by atoms with Gasteiger partial charge in [0, 0.05) is 12.2 Å². The molecule has 0 saturated carbocycles. The minimum atomic E-state index is -0.255. The fourth-order valence-corrected chi connectivity index (χ4v) is 2.57. The highest BCUT2D eigenvalue weighted by Gasteiger charge is 1.97. The molecular weight excluding hydrogens is 343 g/mol. The van der Waals surface area contributed by atoms with Crippen LogP contribution in [0.25, 0.3) is 0 Å². The lowest BCUT2D eigenvalue weighted by molar-refractivity contribution is 0.628. The van der Waals surface area contributed by atoms with Gasteiger partial charge in [0.1, 0.15) is 5.82 Å². The Bertz CT molecular complexity index is 653. The van der Waals surface area contributed by atoms with Crippen molar-refractivity contribution in [2.45, 2.75) is 53.4 Å². The van der Waals surface area contributed by atoms with Crippen LogP contribution in [-0.4, -0.2) is 11.7 Å². The maximum Gasteiger partial charge on any atom is 0.171 e. The van der Waals surface area contributed by atoms with E-state index in [1.54, 1.807) is 12.1 Å². The SMILES string of the molecule is CC(C)=CCC/C(C)=C/CC/C(C)=C/CNC(=S)Nc1ccc(F)cc1. The second-order valence-electron chi connectivity index (χ2n) is 6.80. The van der Waals surface area contributed by atoms with Gasteiger partial charge in [0.05, 0.1) is 0 Å². The second kappa shape index (κ2) is 12.4. The number of rotatable bonds is 9. The first-order valence-corrected chi connectivity index (χ1v) is 9.52. The van der Waals surface area contributed by atoms with Crippen molar-refractivity contribution >= 4 is 23.0 Å². The zero-order valence-electron chi connectivity index (χ0n) is 16.4. The third-order valence-corrected chi connectivity index (χ3v) is 4.18. The molecular formula is C22H31FN2S. The van der Waals surface area contributed by atoms with Crippen LogP contribution in [0.3, 0.4) is 0 Å². The molecule has 0 spiro atoms. The monoisotopic (exact) mass is 374 g/mol. The van der Waals surface area contributed by atoms with Gasteiger partial charge in [-0.1, -0.05) is 34.9 Å². The van der Waals surface area contributed by atoms with Gasteiger partial charge >= 0.3 is 0 Å². The van der Waals surface area contributed by atoms with E-state index in [1.807, 2.05) is 0 Å². The minimum Gasteiger partial charge on any atom is -0.359 e. The van der Waals surface area contributed by atoms with E-state index in [9.17, 15) is 4.39 Å². The molecule has 0 atom stereocenters. The van der Waals surface area contributed by atoms with Crippen LogP contribution in [0.4, 0.5) is 10.1 Å². The molecule has 0 bridgehead atoms. The summed E-state index contributed by atoms with van der Waals surface area (Å²) < 4.78 is 12.9. The van der Waals surface area contributed by atoms with Gasteiger partial charge in [0.2, 0.25) is 0 Å². The number of halogens is 1. The third kappa shape index (κ3) is 10.8. The molecule has 0 aliphatic rings. The van der Waals surface area contributed by atoms with Crippen LogP contribution in [0.1, 0.15) is 53.4 Å². The lowest BCUT2D eigenvalue weighted by Gasteiger charge is -2.09. The highest BCUT2D eigenvalue weighted by Crippen LogP contribution is 2.11. The van der Waals surface area contributed by atoms with Crippen LogP contribution in [-0.2, 0) is 0 Å². The van der Waals surface area contributed by atoms with Crippen LogP contribution in [0.15, 0.2) is 59.2 Å². The zero-order chi connectivity index (χ0) is 19.4. The van der Waals surface area contributed by atoms with Crippen LogP contribution in [0, 0.1) is 5.82 Å². The van der Waals surface area contributed by atoms with E-state index in [-0.39, 0.29) is 5.82 Å². The number of anilines is 1. The van der Waals surface area contributed by atoms with Crippen LogP contribution in [0.5, 0.6) is 0 Å². The summed E-state index contributed by atoms with van der Waals surface area (Å²) in [5, 5.41) is 6.72. The van der Waals surface area contributed by atoms with Crippen molar-refractivity contribution < 1.29 is 4.39 Å². The Morgan fingerprint density at radius 1 is 0.923 bits per heavy atom. The van der Waals surface area contributed by atoms with Gasteiger partial charge in [0.25, 0.3) is 0 Å². The van der Waals surface area contributed by atoms with Gasteiger partial charge in [0.15, 0.2) is 5.11 Å². The molecule has 0 unspecified atom stereocenters. The first-order valence-electron chi connectivity index (χ1n) is 9.12. The summed E-state index contributed by atoms with van der Waals surface area (Å²) in [5.74, 6) is -0.255. The first kappa shape index (κ1) is 22.1. The van der Waals surface area contributed by atoms with Crippen molar-refractivity contribution in [1.82, 2.24) is 5.32 Å². The van der Waals surface area contributed by atoms with E-state index in [0.717, 1.165) is 31.4 Å². The average molecular weight is 375 g/mol. The fourth-order valence-electron chi connectivity index (χ4n) is 2.37. The lowest BCUT2D eigenvalue weighted by Crippen LogP contribution is -2.28. The summed E-state index contributed by atoms with van der Waals surface area (Å²) in [6, 6.07) is 6.14. The minimum absolute atomic E-state index is 0.255. The molecule has 0 amide bonds. The van der Waals surface area contributed by atoms with E-state index in [2.05, 4.69) is 56.6 Å². The highest BCUT2D eigenvalue weighted by molar-refractivity contribution is 7.80. The fraction of sp³-hybridized carbons (Fsp3) is 0.409. The topological polar surface area (TPSA) is 24.1 Å². The maximum atomic E-state index is 12.9. The molecule has 142 valence electrons. The molecule has 0 aliphatic heterocycles. The summed E-state index contributed by atoms with van der Waals surface area (Å²) >= 11 is 5.24. The largest absolute Gasteiger partial charge is 0.359 e. The van der Waals surface area contributed by atoms with Crippen molar-refractivity contribution in [3.8, 4) is 0 Å². The molecule has 4 heteroatoms. The Morgan fingerprint density at radius 3 is 2.12 bits per heavy atom. The number of nitrogens with one attached hydrogen (secondary N) is 2. The molecule has 0 radical (unpaired) electrons. The van der Waals surface area contributed by atoms with Crippen LogP contribution >= 0.6 is 12.2 Å². The van der Waals surface area contributed by atoms with Crippen molar-refractivity contribution in [3.63, 3.8) is 0 Å². The van der Waals surface area contributed by atoms with Crippen molar-refractivity contribution in [2.24, 2.45) is 0 Å². The Kier molecular flexibility index (Phi) is 10.6. The maximum absolute atomic E-state index is 12.9.